The van der Waals surface area contributed by atoms with Crippen molar-refractivity contribution in [2.75, 3.05) is 20.2 Å². The lowest BCUT2D eigenvalue weighted by molar-refractivity contribution is -0.131. The monoisotopic (exact) mass is 401 g/mol. The quantitative estimate of drug-likeness (QED) is 0.559. The Labute approximate surface area is 174 Å². The molecule has 2 aromatic rings. The average molecular weight is 402 g/mol. The summed E-state index contributed by atoms with van der Waals surface area (Å²) < 4.78 is 11.3. The molecule has 2 rings (SSSR count). The molecule has 1 heterocycles. The Kier molecular flexibility index (Phi) is 7.15. The van der Waals surface area contributed by atoms with E-state index in [1.54, 1.807) is 19.2 Å². The van der Waals surface area contributed by atoms with E-state index < -0.39 is 5.41 Å². The first-order valence-corrected chi connectivity index (χ1v) is 10.4. The molecule has 0 aliphatic carbocycles. The average Bonchev–Trinajstić information content (AvgIpc) is 2.96. The van der Waals surface area contributed by atoms with Gasteiger partial charge in [-0.25, -0.2) is 0 Å². The van der Waals surface area contributed by atoms with Gasteiger partial charge in [0.15, 0.2) is 5.76 Å². The van der Waals surface area contributed by atoms with Crippen LogP contribution >= 0.6 is 0 Å². The third kappa shape index (κ3) is 5.62. The largest absolute Gasteiger partial charge is 0.497 e. The second-order valence-electron chi connectivity index (χ2n) is 9.61. The summed E-state index contributed by atoms with van der Waals surface area (Å²) in [6.45, 7) is 15.4. The van der Waals surface area contributed by atoms with Gasteiger partial charge in [0.1, 0.15) is 11.3 Å². The van der Waals surface area contributed by atoms with Crippen molar-refractivity contribution in [3.05, 3.63) is 29.5 Å². The number of ether oxygens (including phenoxy) is 1. The first-order chi connectivity index (χ1) is 13.4. The van der Waals surface area contributed by atoms with Gasteiger partial charge in [-0.2, -0.15) is 0 Å². The predicted molar refractivity (Wildman–Crippen MR) is 117 cm³/mol. The van der Waals surface area contributed by atoms with Gasteiger partial charge in [0, 0.05) is 29.5 Å². The molecule has 0 aliphatic rings. The van der Waals surface area contributed by atoms with Crippen molar-refractivity contribution in [3.8, 4) is 5.75 Å². The number of nitrogens with zero attached hydrogens (tertiary/aromatic N) is 1. The van der Waals surface area contributed by atoms with Gasteiger partial charge in [-0.3, -0.25) is 9.59 Å². The van der Waals surface area contributed by atoms with Crippen molar-refractivity contribution in [2.45, 2.75) is 54.9 Å². The van der Waals surface area contributed by atoms with Crippen LogP contribution in [-0.4, -0.2) is 36.8 Å². The Morgan fingerprint density at radius 1 is 1.07 bits per heavy atom. The second-order valence-corrected chi connectivity index (χ2v) is 9.61. The molecule has 0 aliphatic heterocycles. The number of furan rings is 1. The van der Waals surface area contributed by atoms with E-state index in [0.717, 1.165) is 5.39 Å². The molecule has 1 amide bonds. The zero-order valence-electron chi connectivity index (χ0n) is 19.1. The summed E-state index contributed by atoms with van der Waals surface area (Å²) >= 11 is 0. The Balaban J connectivity index is 2.52. The first-order valence-electron chi connectivity index (χ1n) is 10.4. The zero-order valence-corrected chi connectivity index (χ0v) is 19.1. The molecule has 0 saturated carbocycles. The summed E-state index contributed by atoms with van der Waals surface area (Å²) in [5.74, 6) is 1.60. The fourth-order valence-corrected chi connectivity index (χ4v) is 3.38. The normalized spacial score (nSPS) is 12.1. The van der Waals surface area contributed by atoms with Gasteiger partial charge >= 0.3 is 0 Å². The number of carbonyl (C=O) groups is 2. The van der Waals surface area contributed by atoms with Crippen LogP contribution in [0.4, 0.5) is 0 Å². The van der Waals surface area contributed by atoms with Crippen LogP contribution < -0.4 is 4.74 Å². The lowest BCUT2D eigenvalue weighted by Gasteiger charge is -2.26. The minimum absolute atomic E-state index is 0.0147. The van der Waals surface area contributed by atoms with Crippen molar-refractivity contribution in [3.63, 3.8) is 0 Å². The van der Waals surface area contributed by atoms with Crippen molar-refractivity contribution < 1.29 is 18.7 Å². The predicted octanol–water partition coefficient (Wildman–Crippen LogP) is 5.35. The van der Waals surface area contributed by atoms with Crippen LogP contribution in [0.25, 0.3) is 11.0 Å². The maximum Gasteiger partial charge on any atom is 0.227 e. The smallest absolute Gasteiger partial charge is 0.227 e. The minimum atomic E-state index is -0.606. The van der Waals surface area contributed by atoms with E-state index in [4.69, 9.17) is 9.15 Å². The number of Topliss-reactive ketones (excluding diaryl/α,β-unsaturated/α-hetero) is 1. The molecule has 0 radical (unpaired) electrons. The van der Waals surface area contributed by atoms with E-state index >= 15 is 0 Å². The second kappa shape index (κ2) is 9.02. The van der Waals surface area contributed by atoms with Crippen molar-refractivity contribution in [2.24, 2.45) is 17.3 Å². The van der Waals surface area contributed by atoms with Gasteiger partial charge in [0.25, 0.3) is 0 Å². The molecule has 0 fully saturated rings. The van der Waals surface area contributed by atoms with Gasteiger partial charge in [-0.05, 0) is 30.0 Å². The van der Waals surface area contributed by atoms with Gasteiger partial charge in [-0.15, -0.1) is 0 Å². The van der Waals surface area contributed by atoms with Crippen LogP contribution in [0.1, 0.15) is 64.6 Å². The minimum Gasteiger partial charge on any atom is -0.497 e. The third-order valence-electron chi connectivity index (χ3n) is 4.74. The summed E-state index contributed by atoms with van der Waals surface area (Å²) in [5, 5.41) is 0.763. The van der Waals surface area contributed by atoms with Gasteiger partial charge in [-0.1, -0.05) is 48.5 Å². The Bertz CT molecular complexity index is 861. The standard InChI is InChI=1S/C24H35NO4/c1-15(2)13-25(14-16(3)4)21(26)12-19-18-11-17(28-8)9-10-20(18)29-22(19)23(27)24(5,6)7/h9-11,15-16H,12-14H2,1-8H3. The Hall–Kier alpha value is -2.30. The summed E-state index contributed by atoms with van der Waals surface area (Å²) in [6.07, 6.45) is 0.136. The Morgan fingerprint density at radius 2 is 1.66 bits per heavy atom. The number of hydrogen-bond donors (Lipinski definition) is 0. The fraction of sp³-hybridized carbons (Fsp3) is 0.583. The molecule has 0 N–H and O–H groups in total. The number of methoxy groups -OCH3 is 1. The van der Waals surface area contributed by atoms with Crippen LogP contribution in [0.3, 0.4) is 0 Å². The van der Waals surface area contributed by atoms with Crippen LogP contribution in [-0.2, 0) is 11.2 Å². The fourth-order valence-electron chi connectivity index (χ4n) is 3.38. The molecule has 0 unspecified atom stereocenters. The van der Waals surface area contributed by atoms with Gasteiger partial charge in [0.05, 0.1) is 13.5 Å². The first kappa shape index (κ1) is 23.0. The van der Waals surface area contributed by atoms with E-state index in [-0.39, 0.29) is 23.9 Å². The summed E-state index contributed by atoms with van der Waals surface area (Å²) in [5.41, 5.74) is 0.646. The number of fused-ring (bicyclic) bond motifs is 1. The number of hydrogen-bond acceptors (Lipinski definition) is 4. The number of ketones is 1. The topological polar surface area (TPSA) is 59.8 Å². The van der Waals surface area contributed by atoms with Crippen molar-refractivity contribution in [1.29, 1.82) is 0 Å². The number of amides is 1. The van der Waals surface area contributed by atoms with E-state index in [0.29, 0.717) is 41.8 Å². The maximum absolute atomic E-state index is 13.2. The van der Waals surface area contributed by atoms with E-state index in [2.05, 4.69) is 27.7 Å². The molecule has 29 heavy (non-hydrogen) atoms. The van der Waals surface area contributed by atoms with Crippen LogP contribution in [0.15, 0.2) is 22.6 Å². The van der Waals surface area contributed by atoms with Crippen LogP contribution in [0.2, 0.25) is 0 Å². The molecular formula is C24H35NO4. The number of benzene rings is 1. The van der Waals surface area contributed by atoms with E-state index in [1.165, 1.54) is 0 Å². The maximum atomic E-state index is 13.2. The SMILES string of the molecule is COc1ccc2oc(C(=O)C(C)(C)C)c(CC(=O)N(CC(C)C)CC(C)C)c2c1. The summed E-state index contributed by atoms with van der Waals surface area (Å²) in [4.78, 5) is 28.2. The summed E-state index contributed by atoms with van der Waals surface area (Å²) in [7, 11) is 1.60. The van der Waals surface area contributed by atoms with Crippen molar-refractivity contribution in [1.82, 2.24) is 4.90 Å². The highest BCUT2D eigenvalue weighted by atomic mass is 16.5. The lowest BCUT2D eigenvalue weighted by Crippen LogP contribution is -2.38. The molecule has 0 spiro atoms. The van der Waals surface area contributed by atoms with Gasteiger partial charge in [0.2, 0.25) is 11.7 Å². The molecule has 0 atom stereocenters. The Morgan fingerprint density at radius 3 is 2.14 bits per heavy atom. The molecule has 1 aromatic heterocycles. The molecule has 5 heteroatoms. The molecule has 160 valence electrons. The molecular weight excluding hydrogens is 366 g/mol. The highest BCUT2D eigenvalue weighted by Crippen LogP contribution is 2.34. The number of carbonyl (C=O) groups excluding carboxylic acids is 2. The lowest BCUT2D eigenvalue weighted by atomic mass is 9.87. The number of rotatable bonds is 8. The van der Waals surface area contributed by atoms with Gasteiger partial charge < -0.3 is 14.1 Å². The highest BCUT2D eigenvalue weighted by Gasteiger charge is 2.31. The van der Waals surface area contributed by atoms with E-state index in [9.17, 15) is 9.59 Å². The molecule has 0 saturated heterocycles. The third-order valence-corrected chi connectivity index (χ3v) is 4.74. The van der Waals surface area contributed by atoms with Crippen LogP contribution in [0, 0.1) is 17.3 Å². The van der Waals surface area contributed by atoms with E-state index in [1.807, 2.05) is 31.7 Å². The highest BCUT2D eigenvalue weighted by molar-refractivity contribution is 6.04. The summed E-state index contributed by atoms with van der Waals surface area (Å²) in [6, 6.07) is 5.43. The van der Waals surface area contributed by atoms with Crippen molar-refractivity contribution >= 4 is 22.7 Å². The van der Waals surface area contributed by atoms with Crippen LogP contribution in [0.5, 0.6) is 5.75 Å². The molecule has 5 nitrogen and oxygen atoms in total. The molecule has 0 bridgehead atoms. The molecule has 1 aromatic carbocycles. The zero-order chi connectivity index (χ0) is 21.9.